The van der Waals surface area contributed by atoms with E-state index in [9.17, 15) is 0 Å². The first-order valence-electron chi connectivity index (χ1n) is 45.3. The van der Waals surface area contributed by atoms with Crippen molar-refractivity contribution in [2.24, 2.45) is 0 Å². The summed E-state index contributed by atoms with van der Waals surface area (Å²) in [5.74, 6) is 2.24. The van der Waals surface area contributed by atoms with Crippen LogP contribution in [0.5, 0.6) is 5.75 Å². The number of hydrogen-bond donors (Lipinski definition) is 0. The minimum atomic E-state index is -0.450. The zero-order valence-electron chi connectivity index (χ0n) is 74.1. The van der Waals surface area contributed by atoms with Crippen LogP contribution in [0.4, 0.5) is 34.1 Å². The van der Waals surface area contributed by atoms with Crippen molar-refractivity contribution in [3.63, 3.8) is 0 Å². The van der Waals surface area contributed by atoms with Gasteiger partial charge in [0.2, 0.25) is 0 Å². The van der Waals surface area contributed by atoms with E-state index < -0.39 is 5.41 Å². The average molecular weight is 1650 g/mol. The molecule has 0 saturated carbocycles. The number of aryl methyl sites for hydroxylation is 4. The number of fused-ring (bicyclic) bond motifs is 23. The van der Waals surface area contributed by atoms with Gasteiger partial charge >= 0.3 is 6.92 Å². The fourth-order valence-electron chi connectivity index (χ4n) is 22.5. The van der Waals surface area contributed by atoms with Crippen molar-refractivity contribution < 1.29 is 4.65 Å². The molecule has 0 saturated heterocycles. The standard InChI is InChI=1S/C65H48BN3S.C54H50BNO/c1-41-36-44(43-18-6-5-7-19-43)37-42(2)64(41)66-56-33-30-45(38-53(56)52-24-12-17-29-63(52)70-66)69-61-34-31-46(67-57-25-13-8-20-48(57)49-21-9-14-26-58(49)67)39-54(61)65(3,4)55-40-47(32-35-62(55)69)68-59-27-15-10-22-50(59)51-23-11-16-28-60(51)68;1-32(2)37-29-42(33(3)4)53(43(30-37)34(5)6)55-49-24-23-38(31-44(49)41-17-11-14-20-52(41)57-55)56-50-25-21-35(7)27-47(50)54(48-28-36(8)22-26-51(48)56)45-18-12-9-15-39(45)40-16-10-13-19-46(40)54/h5-40H,1-4H3;9-34H,1-8H3. The van der Waals surface area contributed by atoms with Gasteiger partial charge in [0, 0.05) is 60.2 Å². The molecule has 0 unspecified atom stereocenters. The second-order valence-corrected chi connectivity index (χ2v) is 38.5. The molecule has 17 aromatic carbocycles. The Morgan fingerprint density at radius 1 is 0.307 bits per heavy atom. The normalized spacial score (nSPS) is 14.0. The zero-order valence-corrected chi connectivity index (χ0v) is 74.9. The van der Waals surface area contributed by atoms with Gasteiger partial charge in [0.15, 0.2) is 0 Å². The summed E-state index contributed by atoms with van der Waals surface area (Å²) < 4.78 is 12.1. The molecule has 612 valence electrons. The first-order valence-corrected chi connectivity index (χ1v) is 46.2. The van der Waals surface area contributed by atoms with Gasteiger partial charge < -0.3 is 23.6 Å². The highest BCUT2D eigenvalue weighted by Crippen LogP contribution is 2.64. The van der Waals surface area contributed by atoms with E-state index in [0.717, 1.165) is 34.1 Å². The van der Waals surface area contributed by atoms with Crippen molar-refractivity contribution in [3.8, 4) is 61.6 Å². The molecule has 2 aromatic heterocycles. The smallest absolute Gasteiger partial charge is 0.427 e. The van der Waals surface area contributed by atoms with Gasteiger partial charge in [0.1, 0.15) is 5.75 Å². The quantitative estimate of drug-likeness (QED) is 0.127. The Bertz CT molecular complexity index is 7350. The minimum absolute atomic E-state index is 0.145. The van der Waals surface area contributed by atoms with E-state index in [1.54, 1.807) is 0 Å². The van der Waals surface area contributed by atoms with Crippen LogP contribution in [-0.2, 0) is 10.8 Å². The van der Waals surface area contributed by atoms with Crippen LogP contribution < -0.4 is 36.3 Å². The van der Waals surface area contributed by atoms with Gasteiger partial charge in [-0.05, 0) is 255 Å². The van der Waals surface area contributed by atoms with Gasteiger partial charge in [0.05, 0.1) is 50.2 Å². The van der Waals surface area contributed by atoms with E-state index in [4.69, 9.17) is 4.65 Å². The molecular formula is C119H98B2N4OS. The summed E-state index contributed by atoms with van der Waals surface area (Å²) in [5, 5.41) is 5.06. The van der Waals surface area contributed by atoms with Crippen LogP contribution in [0.15, 0.2) is 363 Å². The molecule has 24 rings (SSSR count). The highest BCUT2D eigenvalue weighted by Gasteiger charge is 2.52. The maximum atomic E-state index is 7.17. The van der Waals surface area contributed by atoms with Crippen molar-refractivity contribution in [3.05, 3.63) is 430 Å². The highest BCUT2D eigenvalue weighted by atomic mass is 32.2. The van der Waals surface area contributed by atoms with Gasteiger partial charge in [-0.15, -0.1) is 0 Å². The predicted molar refractivity (Wildman–Crippen MR) is 541 cm³/mol. The summed E-state index contributed by atoms with van der Waals surface area (Å²) >= 11 is 1.99. The van der Waals surface area contributed by atoms with Crippen molar-refractivity contribution in [2.45, 2.75) is 117 Å². The molecule has 0 amide bonds. The van der Waals surface area contributed by atoms with Gasteiger partial charge in [-0.3, -0.25) is 0 Å². The second kappa shape index (κ2) is 30.0. The lowest BCUT2D eigenvalue weighted by atomic mass is 9.49. The largest absolute Gasteiger partial charge is 0.551 e. The lowest BCUT2D eigenvalue weighted by Crippen LogP contribution is -2.53. The predicted octanol–water partition coefficient (Wildman–Crippen LogP) is 29.1. The summed E-state index contributed by atoms with van der Waals surface area (Å²) in [4.78, 5) is 6.39. The first kappa shape index (κ1) is 78.0. The fourth-order valence-corrected chi connectivity index (χ4v) is 24.1. The van der Waals surface area contributed by atoms with E-state index in [1.807, 2.05) is 11.6 Å². The average Bonchev–Trinajstić information content (AvgIpc) is 1.53. The molecule has 0 radical (unpaired) electrons. The summed E-state index contributed by atoms with van der Waals surface area (Å²) in [6, 6.07) is 135. The Kier molecular flexibility index (Phi) is 18.4. The minimum Gasteiger partial charge on any atom is -0.551 e. The molecule has 6 heterocycles. The van der Waals surface area contributed by atoms with Gasteiger partial charge in [-0.2, -0.15) is 11.6 Å². The van der Waals surface area contributed by atoms with Crippen molar-refractivity contribution >= 4 is 124 Å². The highest BCUT2D eigenvalue weighted by molar-refractivity contribution is 8.28. The number of anilines is 6. The first-order chi connectivity index (χ1) is 61.9. The lowest BCUT2D eigenvalue weighted by Gasteiger charge is -2.45. The number of rotatable bonds is 10. The monoisotopic (exact) mass is 1650 g/mol. The third-order valence-corrected chi connectivity index (χ3v) is 29.7. The van der Waals surface area contributed by atoms with Crippen LogP contribution in [0.1, 0.15) is 145 Å². The summed E-state index contributed by atoms with van der Waals surface area (Å²) in [6.45, 7) is 27.6. The molecule has 1 aliphatic carbocycles. The van der Waals surface area contributed by atoms with Crippen LogP contribution in [0.25, 0.3) is 99.5 Å². The number of nitrogens with zero attached hydrogens (tertiary/aromatic N) is 4. The fraction of sp³-hybridized carbons (Fsp3) is 0.143. The van der Waals surface area contributed by atoms with E-state index in [-0.39, 0.29) is 18.3 Å². The third-order valence-electron chi connectivity index (χ3n) is 28.4. The van der Waals surface area contributed by atoms with Crippen molar-refractivity contribution in [1.29, 1.82) is 0 Å². The van der Waals surface area contributed by atoms with E-state index in [0.29, 0.717) is 17.8 Å². The summed E-state index contributed by atoms with van der Waals surface area (Å²) in [7, 11) is 0. The number of para-hydroxylation sites is 5. The Labute approximate surface area is 750 Å². The Hall–Kier alpha value is -13.8. The summed E-state index contributed by atoms with van der Waals surface area (Å²) in [5.41, 5.74) is 46.2. The SMILES string of the molecule is Cc1cc(-c2ccccc2)cc(C)c1B1Sc2ccccc2-c2cc(N3c4ccc(-n5c6ccccc6c6ccccc65)cc4C(C)(C)c4cc(-n5c6ccccc6c6ccccc65)ccc43)ccc21.Cc1ccc2c(c1)C1(c3ccccc3-c3ccccc31)c1cc(C)ccc1N2c1ccc2c(c1)-c1ccccc1OB2c1c(C(C)C)cc(C(C)C)cc1C(C)C. The second-order valence-electron chi connectivity index (χ2n) is 37.3. The van der Waals surface area contributed by atoms with Crippen LogP contribution >= 0.6 is 11.6 Å². The molecule has 5 aliphatic rings. The molecule has 5 nitrogen and oxygen atoms in total. The van der Waals surface area contributed by atoms with Gasteiger partial charge in [-0.1, -0.05) is 337 Å². The van der Waals surface area contributed by atoms with Crippen LogP contribution in [-0.4, -0.2) is 22.0 Å². The molecule has 0 bridgehead atoms. The van der Waals surface area contributed by atoms with E-state index in [2.05, 4.69) is 460 Å². The van der Waals surface area contributed by atoms with Gasteiger partial charge in [-0.25, -0.2) is 0 Å². The number of benzene rings is 17. The molecule has 0 fully saturated rings. The Morgan fingerprint density at radius 2 is 0.717 bits per heavy atom. The van der Waals surface area contributed by atoms with Crippen molar-refractivity contribution in [1.82, 2.24) is 9.13 Å². The molecule has 0 N–H and O–H groups in total. The number of hydrogen-bond acceptors (Lipinski definition) is 4. The molecule has 127 heavy (non-hydrogen) atoms. The topological polar surface area (TPSA) is 25.6 Å². The molecule has 4 aliphatic heterocycles. The van der Waals surface area contributed by atoms with Crippen LogP contribution in [0.2, 0.25) is 0 Å². The van der Waals surface area contributed by atoms with E-state index in [1.165, 1.54) is 204 Å². The Balaban J connectivity index is 0.000000149. The third kappa shape index (κ3) is 12.1. The molecule has 8 heteroatoms. The van der Waals surface area contributed by atoms with Gasteiger partial charge in [0.25, 0.3) is 5.99 Å². The van der Waals surface area contributed by atoms with Crippen molar-refractivity contribution in [2.75, 3.05) is 9.80 Å². The lowest BCUT2D eigenvalue weighted by molar-refractivity contribution is 0.588. The molecule has 1 spiro atoms. The Morgan fingerprint density at radius 3 is 1.21 bits per heavy atom. The molecule has 0 atom stereocenters. The van der Waals surface area contributed by atoms with Crippen LogP contribution in [0.3, 0.4) is 0 Å². The van der Waals surface area contributed by atoms with Crippen LogP contribution in [0, 0.1) is 27.7 Å². The summed E-state index contributed by atoms with van der Waals surface area (Å²) in [6.07, 6.45) is 0. The maximum Gasteiger partial charge on any atom is 0.427 e. The zero-order chi connectivity index (χ0) is 86.2. The maximum absolute atomic E-state index is 7.17. The van der Waals surface area contributed by atoms with E-state index >= 15 is 0 Å². The number of aromatic nitrogens is 2. The molecular weight excluding hydrogens is 1560 g/mol. The molecule has 19 aromatic rings.